The highest BCUT2D eigenvalue weighted by Crippen LogP contribution is 2.23. The standard InChI is InChI=1S/C14H15N5O2/c1-21-12-5-3-2-4-10(12)11(15)9-19-14(20)18-7-6-16-8-13(18)17-19/h2-8,11H,9,15H2,1H3. The lowest BCUT2D eigenvalue weighted by molar-refractivity contribution is 0.399. The fourth-order valence-corrected chi connectivity index (χ4v) is 2.26. The number of aromatic nitrogens is 4. The minimum Gasteiger partial charge on any atom is -0.496 e. The molecular weight excluding hydrogens is 270 g/mol. The maximum absolute atomic E-state index is 12.2. The van der Waals surface area contributed by atoms with E-state index in [0.29, 0.717) is 11.4 Å². The number of fused-ring (bicyclic) bond motifs is 1. The summed E-state index contributed by atoms with van der Waals surface area (Å²) in [5, 5.41) is 4.22. The van der Waals surface area contributed by atoms with Crippen LogP contribution in [-0.2, 0) is 6.54 Å². The van der Waals surface area contributed by atoms with Gasteiger partial charge in [0, 0.05) is 18.0 Å². The second-order valence-corrected chi connectivity index (χ2v) is 4.62. The van der Waals surface area contributed by atoms with E-state index >= 15 is 0 Å². The number of rotatable bonds is 4. The van der Waals surface area contributed by atoms with Gasteiger partial charge in [-0.2, -0.15) is 0 Å². The van der Waals surface area contributed by atoms with E-state index in [1.165, 1.54) is 15.3 Å². The Kier molecular flexibility index (Phi) is 3.41. The molecule has 2 aromatic heterocycles. The van der Waals surface area contributed by atoms with E-state index in [4.69, 9.17) is 10.5 Å². The van der Waals surface area contributed by atoms with E-state index in [0.717, 1.165) is 5.56 Å². The van der Waals surface area contributed by atoms with Gasteiger partial charge in [0.25, 0.3) is 0 Å². The summed E-state index contributed by atoms with van der Waals surface area (Å²) in [6, 6.07) is 7.08. The molecule has 1 aromatic carbocycles. The summed E-state index contributed by atoms with van der Waals surface area (Å²) in [5.74, 6) is 0.698. The molecule has 7 nitrogen and oxygen atoms in total. The number of nitrogens with two attached hydrogens (primary N) is 1. The molecular formula is C14H15N5O2. The molecule has 1 atom stereocenters. The van der Waals surface area contributed by atoms with Gasteiger partial charge in [-0.15, -0.1) is 5.10 Å². The van der Waals surface area contributed by atoms with Crippen molar-refractivity contribution >= 4 is 5.65 Å². The number of hydrogen-bond donors (Lipinski definition) is 1. The summed E-state index contributed by atoms with van der Waals surface area (Å²) < 4.78 is 8.06. The van der Waals surface area contributed by atoms with Crippen LogP contribution in [0.1, 0.15) is 11.6 Å². The predicted molar refractivity (Wildman–Crippen MR) is 77.2 cm³/mol. The van der Waals surface area contributed by atoms with Gasteiger partial charge in [0.05, 0.1) is 25.9 Å². The topological polar surface area (TPSA) is 87.4 Å². The first-order chi connectivity index (χ1) is 10.2. The van der Waals surface area contributed by atoms with Gasteiger partial charge in [-0.25, -0.2) is 13.9 Å². The van der Waals surface area contributed by atoms with Gasteiger partial charge in [-0.3, -0.25) is 4.98 Å². The number of para-hydroxylation sites is 1. The third-order valence-corrected chi connectivity index (χ3v) is 3.30. The van der Waals surface area contributed by atoms with Crippen LogP contribution in [0.3, 0.4) is 0 Å². The van der Waals surface area contributed by atoms with Crippen molar-refractivity contribution in [3.05, 3.63) is 58.9 Å². The number of hydrogen-bond acceptors (Lipinski definition) is 5. The summed E-state index contributed by atoms with van der Waals surface area (Å²) in [6.45, 7) is 0.265. The van der Waals surface area contributed by atoms with Gasteiger partial charge in [0.1, 0.15) is 5.75 Å². The highest BCUT2D eigenvalue weighted by Gasteiger charge is 2.15. The molecule has 2 heterocycles. The average molecular weight is 285 g/mol. The van der Waals surface area contributed by atoms with Crippen molar-refractivity contribution in [1.82, 2.24) is 19.2 Å². The Morgan fingerprint density at radius 1 is 1.38 bits per heavy atom. The molecule has 7 heteroatoms. The van der Waals surface area contributed by atoms with Crippen LogP contribution in [0, 0.1) is 0 Å². The maximum Gasteiger partial charge on any atom is 0.350 e. The lowest BCUT2D eigenvalue weighted by atomic mass is 10.1. The van der Waals surface area contributed by atoms with Crippen molar-refractivity contribution in [1.29, 1.82) is 0 Å². The average Bonchev–Trinajstić information content (AvgIpc) is 2.84. The zero-order chi connectivity index (χ0) is 14.8. The normalized spacial score (nSPS) is 12.5. The molecule has 0 radical (unpaired) electrons. The van der Waals surface area contributed by atoms with Crippen LogP contribution in [0.15, 0.2) is 47.7 Å². The third-order valence-electron chi connectivity index (χ3n) is 3.30. The van der Waals surface area contributed by atoms with Crippen molar-refractivity contribution in [2.24, 2.45) is 5.73 Å². The summed E-state index contributed by atoms with van der Waals surface area (Å²) in [7, 11) is 1.59. The van der Waals surface area contributed by atoms with E-state index in [2.05, 4.69) is 10.1 Å². The summed E-state index contributed by atoms with van der Waals surface area (Å²) in [6.07, 6.45) is 4.66. The van der Waals surface area contributed by atoms with Gasteiger partial charge < -0.3 is 10.5 Å². The molecule has 0 saturated carbocycles. The van der Waals surface area contributed by atoms with Crippen molar-refractivity contribution in [3.8, 4) is 5.75 Å². The molecule has 2 N–H and O–H groups in total. The minimum atomic E-state index is -0.392. The largest absolute Gasteiger partial charge is 0.496 e. The molecule has 3 aromatic rings. The molecule has 0 saturated heterocycles. The highest BCUT2D eigenvalue weighted by atomic mass is 16.5. The Bertz CT molecular complexity index is 823. The van der Waals surface area contributed by atoms with Crippen LogP contribution < -0.4 is 16.2 Å². The maximum atomic E-state index is 12.2. The monoisotopic (exact) mass is 285 g/mol. The summed E-state index contributed by atoms with van der Waals surface area (Å²) in [4.78, 5) is 16.1. The summed E-state index contributed by atoms with van der Waals surface area (Å²) >= 11 is 0. The first-order valence-electron chi connectivity index (χ1n) is 6.48. The Labute approximate surface area is 120 Å². The molecule has 1 unspecified atom stereocenters. The van der Waals surface area contributed by atoms with Crippen molar-refractivity contribution in [3.63, 3.8) is 0 Å². The molecule has 0 aliphatic rings. The van der Waals surface area contributed by atoms with Crippen LogP contribution in [-0.4, -0.2) is 26.3 Å². The Morgan fingerprint density at radius 3 is 2.95 bits per heavy atom. The molecule has 108 valence electrons. The Balaban J connectivity index is 1.95. The van der Waals surface area contributed by atoms with Gasteiger partial charge in [-0.05, 0) is 6.07 Å². The number of nitrogens with zero attached hydrogens (tertiary/aromatic N) is 4. The summed E-state index contributed by atoms with van der Waals surface area (Å²) in [5.41, 5.74) is 7.28. The third kappa shape index (κ3) is 2.38. The van der Waals surface area contributed by atoms with Gasteiger partial charge >= 0.3 is 5.69 Å². The van der Waals surface area contributed by atoms with E-state index < -0.39 is 6.04 Å². The zero-order valence-electron chi connectivity index (χ0n) is 11.5. The fraction of sp³-hybridized carbons (Fsp3) is 0.214. The zero-order valence-corrected chi connectivity index (χ0v) is 11.5. The predicted octanol–water partition coefficient (Wildman–Crippen LogP) is 0.600. The van der Waals surface area contributed by atoms with E-state index in [9.17, 15) is 4.79 Å². The highest BCUT2D eigenvalue weighted by molar-refractivity contribution is 5.36. The number of ether oxygens (including phenoxy) is 1. The van der Waals surface area contributed by atoms with Gasteiger partial charge in [0.2, 0.25) is 0 Å². The Hall–Kier alpha value is -2.67. The molecule has 21 heavy (non-hydrogen) atoms. The molecule has 0 aliphatic carbocycles. The quantitative estimate of drug-likeness (QED) is 0.758. The van der Waals surface area contributed by atoms with Crippen LogP contribution in [0.25, 0.3) is 5.65 Å². The van der Waals surface area contributed by atoms with Crippen LogP contribution in [0.4, 0.5) is 0 Å². The van der Waals surface area contributed by atoms with Crippen LogP contribution in [0.5, 0.6) is 5.75 Å². The molecule has 0 bridgehead atoms. The van der Waals surface area contributed by atoms with Crippen LogP contribution >= 0.6 is 0 Å². The van der Waals surface area contributed by atoms with E-state index in [1.54, 1.807) is 19.5 Å². The molecule has 3 rings (SSSR count). The second kappa shape index (κ2) is 5.37. The second-order valence-electron chi connectivity index (χ2n) is 4.62. The smallest absolute Gasteiger partial charge is 0.350 e. The van der Waals surface area contributed by atoms with Gasteiger partial charge in [-0.1, -0.05) is 18.2 Å². The van der Waals surface area contributed by atoms with E-state index in [-0.39, 0.29) is 12.2 Å². The molecule has 0 aliphatic heterocycles. The minimum absolute atomic E-state index is 0.238. The number of benzene rings is 1. The van der Waals surface area contributed by atoms with Crippen molar-refractivity contribution in [2.75, 3.05) is 7.11 Å². The first-order valence-corrected chi connectivity index (χ1v) is 6.48. The lowest BCUT2D eigenvalue weighted by Crippen LogP contribution is -2.27. The van der Waals surface area contributed by atoms with Crippen molar-refractivity contribution in [2.45, 2.75) is 12.6 Å². The number of methoxy groups -OCH3 is 1. The molecule has 0 amide bonds. The van der Waals surface area contributed by atoms with E-state index in [1.807, 2.05) is 24.3 Å². The Morgan fingerprint density at radius 2 is 2.19 bits per heavy atom. The SMILES string of the molecule is COc1ccccc1C(N)Cn1nc2cnccn2c1=O. The first kappa shape index (κ1) is 13.3. The molecule has 0 spiro atoms. The molecule has 0 fully saturated rings. The fourth-order valence-electron chi connectivity index (χ4n) is 2.26. The van der Waals surface area contributed by atoms with Crippen molar-refractivity contribution < 1.29 is 4.74 Å². The van der Waals surface area contributed by atoms with Gasteiger partial charge in [0.15, 0.2) is 5.65 Å². The van der Waals surface area contributed by atoms with Crippen LogP contribution in [0.2, 0.25) is 0 Å². The lowest BCUT2D eigenvalue weighted by Gasteiger charge is -2.14.